The van der Waals surface area contributed by atoms with Crippen LogP contribution in [0.25, 0.3) is 0 Å². The molecule has 2 heterocycles. The molecule has 0 bridgehead atoms. The Labute approximate surface area is 114 Å². The molecule has 4 heteroatoms. The van der Waals surface area contributed by atoms with Gasteiger partial charge in [-0.25, -0.2) is 4.98 Å². The standard InChI is InChI=1S/C15H21N3O/c19-15(13-5-2-1-3-6-13)17-9-4-7-14(11-17)18-10-8-16-12-18/h1-2,8,10,12-14H,3-7,9,11H2/t13-,14+/m1/s1. The van der Waals surface area contributed by atoms with Crippen molar-refractivity contribution in [2.45, 2.75) is 38.1 Å². The SMILES string of the molecule is O=C([C@@H]1CC=CCC1)N1CCC[C@H](n2ccnc2)C1. The molecule has 1 saturated heterocycles. The lowest BCUT2D eigenvalue weighted by molar-refractivity contribution is -0.137. The Morgan fingerprint density at radius 1 is 1.26 bits per heavy atom. The normalized spacial score (nSPS) is 27.5. The van der Waals surface area contributed by atoms with E-state index in [9.17, 15) is 4.79 Å². The molecule has 1 aromatic heterocycles. The van der Waals surface area contributed by atoms with Gasteiger partial charge in [0.25, 0.3) is 0 Å². The van der Waals surface area contributed by atoms with Crippen molar-refractivity contribution in [3.8, 4) is 0 Å². The van der Waals surface area contributed by atoms with E-state index in [1.807, 2.05) is 18.7 Å². The predicted molar refractivity (Wildman–Crippen MR) is 73.6 cm³/mol. The molecule has 1 fully saturated rings. The van der Waals surface area contributed by atoms with Gasteiger partial charge < -0.3 is 9.47 Å². The largest absolute Gasteiger partial charge is 0.340 e. The van der Waals surface area contributed by atoms with Crippen LogP contribution in [-0.2, 0) is 4.79 Å². The van der Waals surface area contributed by atoms with Crippen molar-refractivity contribution in [3.63, 3.8) is 0 Å². The molecule has 0 saturated carbocycles. The van der Waals surface area contributed by atoms with E-state index in [-0.39, 0.29) is 5.92 Å². The molecule has 2 aliphatic rings. The lowest BCUT2D eigenvalue weighted by atomic mass is 9.92. The molecule has 1 aliphatic carbocycles. The lowest BCUT2D eigenvalue weighted by Crippen LogP contribution is -2.43. The summed E-state index contributed by atoms with van der Waals surface area (Å²) in [6.45, 7) is 1.76. The molecule has 1 aromatic rings. The Balaban J connectivity index is 1.64. The monoisotopic (exact) mass is 259 g/mol. The maximum absolute atomic E-state index is 12.5. The highest BCUT2D eigenvalue weighted by Gasteiger charge is 2.29. The van der Waals surface area contributed by atoms with Crippen LogP contribution in [0.5, 0.6) is 0 Å². The average molecular weight is 259 g/mol. The molecule has 0 N–H and O–H groups in total. The molecule has 0 aromatic carbocycles. The third-order valence-electron chi connectivity index (χ3n) is 4.27. The molecule has 2 atom stereocenters. The van der Waals surface area contributed by atoms with Crippen molar-refractivity contribution in [3.05, 3.63) is 30.9 Å². The van der Waals surface area contributed by atoms with Crippen molar-refractivity contribution in [1.82, 2.24) is 14.5 Å². The third kappa shape index (κ3) is 2.72. The maximum atomic E-state index is 12.5. The van der Waals surface area contributed by atoms with Crippen LogP contribution in [0.15, 0.2) is 30.9 Å². The van der Waals surface area contributed by atoms with Gasteiger partial charge in [-0.2, -0.15) is 0 Å². The summed E-state index contributed by atoms with van der Waals surface area (Å²) >= 11 is 0. The molecule has 0 spiro atoms. The number of amides is 1. The zero-order chi connectivity index (χ0) is 13.1. The maximum Gasteiger partial charge on any atom is 0.226 e. The van der Waals surface area contributed by atoms with Crippen molar-refractivity contribution in [2.24, 2.45) is 5.92 Å². The molecule has 3 rings (SSSR count). The van der Waals surface area contributed by atoms with Crippen molar-refractivity contribution < 1.29 is 4.79 Å². The van der Waals surface area contributed by atoms with Crippen molar-refractivity contribution >= 4 is 5.91 Å². The Kier molecular flexibility index (Phi) is 3.67. The predicted octanol–water partition coefficient (Wildman–Crippen LogP) is 2.40. The number of piperidine rings is 1. The third-order valence-corrected chi connectivity index (χ3v) is 4.27. The smallest absolute Gasteiger partial charge is 0.226 e. The van der Waals surface area contributed by atoms with E-state index < -0.39 is 0 Å². The van der Waals surface area contributed by atoms with E-state index in [0.29, 0.717) is 11.9 Å². The second-order valence-electron chi connectivity index (χ2n) is 5.57. The summed E-state index contributed by atoms with van der Waals surface area (Å²) in [5, 5.41) is 0. The number of nitrogens with zero attached hydrogens (tertiary/aromatic N) is 3. The van der Waals surface area contributed by atoms with E-state index >= 15 is 0 Å². The van der Waals surface area contributed by atoms with Gasteiger partial charge >= 0.3 is 0 Å². The van der Waals surface area contributed by atoms with Gasteiger partial charge in [0.1, 0.15) is 0 Å². The number of aromatic nitrogens is 2. The van der Waals surface area contributed by atoms with E-state index in [4.69, 9.17) is 0 Å². The fourth-order valence-corrected chi connectivity index (χ4v) is 3.16. The van der Waals surface area contributed by atoms with Gasteiger partial charge in [-0.15, -0.1) is 0 Å². The summed E-state index contributed by atoms with van der Waals surface area (Å²) in [6.07, 6.45) is 15.2. The van der Waals surface area contributed by atoms with E-state index in [1.165, 1.54) is 0 Å². The summed E-state index contributed by atoms with van der Waals surface area (Å²) in [5.74, 6) is 0.570. The average Bonchev–Trinajstić information content (AvgIpc) is 3.02. The number of likely N-dealkylation sites (tertiary alicyclic amines) is 1. The Hall–Kier alpha value is -1.58. The summed E-state index contributed by atoms with van der Waals surface area (Å²) in [7, 11) is 0. The second kappa shape index (κ2) is 5.59. The van der Waals surface area contributed by atoms with Crippen LogP contribution in [0, 0.1) is 5.92 Å². The van der Waals surface area contributed by atoms with Gasteiger partial charge in [0.15, 0.2) is 0 Å². The Bertz CT molecular complexity index is 452. The molecule has 4 nitrogen and oxygen atoms in total. The van der Waals surface area contributed by atoms with Crippen molar-refractivity contribution in [1.29, 1.82) is 0 Å². The van der Waals surface area contributed by atoms with Crippen LogP contribution in [0.1, 0.15) is 38.1 Å². The van der Waals surface area contributed by atoms with Crippen LogP contribution in [-0.4, -0.2) is 33.4 Å². The fraction of sp³-hybridized carbons (Fsp3) is 0.600. The van der Waals surface area contributed by atoms with E-state index in [1.54, 1.807) is 0 Å². The molecule has 0 unspecified atom stereocenters. The van der Waals surface area contributed by atoms with Crippen LogP contribution >= 0.6 is 0 Å². The summed E-state index contributed by atoms with van der Waals surface area (Å²) < 4.78 is 2.14. The molecule has 19 heavy (non-hydrogen) atoms. The number of allylic oxidation sites excluding steroid dienone is 2. The number of imidazole rings is 1. The number of rotatable bonds is 2. The zero-order valence-electron chi connectivity index (χ0n) is 11.2. The number of carbonyl (C=O) groups is 1. The van der Waals surface area contributed by atoms with E-state index in [2.05, 4.69) is 26.6 Å². The molecule has 0 radical (unpaired) electrons. The van der Waals surface area contributed by atoms with Gasteiger partial charge in [0.2, 0.25) is 5.91 Å². The Morgan fingerprint density at radius 2 is 2.21 bits per heavy atom. The second-order valence-corrected chi connectivity index (χ2v) is 5.57. The summed E-state index contributed by atoms with van der Waals surface area (Å²) in [6, 6.07) is 0.402. The number of hydrogen-bond acceptors (Lipinski definition) is 2. The molecular formula is C15H21N3O. The molecular weight excluding hydrogens is 238 g/mol. The minimum absolute atomic E-state index is 0.214. The van der Waals surface area contributed by atoms with Gasteiger partial charge in [-0.05, 0) is 32.1 Å². The van der Waals surface area contributed by atoms with Gasteiger partial charge in [-0.1, -0.05) is 12.2 Å². The fourth-order valence-electron chi connectivity index (χ4n) is 3.16. The lowest BCUT2D eigenvalue weighted by Gasteiger charge is -2.35. The van der Waals surface area contributed by atoms with Crippen LogP contribution in [0.2, 0.25) is 0 Å². The number of hydrogen-bond donors (Lipinski definition) is 0. The van der Waals surface area contributed by atoms with Gasteiger partial charge in [-0.3, -0.25) is 4.79 Å². The molecule has 1 amide bonds. The minimum Gasteiger partial charge on any atom is -0.340 e. The highest BCUT2D eigenvalue weighted by Crippen LogP contribution is 2.26. The quantitative estimate of drug-likeness (QED) is 0.765. The summed E-state index contributed by atoms with van der Waals surface area (Å²) in [4.78, 5) is 18.7. The van der Waals surface area contributed by atoms with Crippen LogP contribution < -0.4 is 0 Å². The number of carbonyl (C=O) groups excluding carboxylic acids is 1. The van der Waals surface area contributed by atoms with Gasteiger partial charge in [0, 0.05) is 31.4 Å². The first-order valence-corrected chi connectivity index (χ1v) is 7.26. The highest BCUT2D eigenvalue weighted by molar-refractivity contribution is 5.79. The van der Waals surface area contributed by atoms with E-state index in [0.717, 1.165) is 45.2 Å². The van der Waals surface area contributed by atoms with Crippen LogP contribution in [0.3, 0.4) is 0 Å². The minimum atomic E-state index is 0.214. The van der Waals surface area contributed by atoms with Crippen LogP contribution in [0.4, 0.5) is 0 Å². The zero-order valence-corrected chi connectivity index (χ0v) is 11.2. The first-order chi connectivity index (χ1) is 9.34. The summed E-state index contributed by atoms with van der Waals surface area (Å²) in [5.41, 5.74) is 0. The molecule has 1 aliphatic heterocycles. The first-order valence-electron chi connectivity index (χ1n) is 7.26. The Morgan fingerprint density at radius 3 is 2.95 bits per heavy atom. The topological polar surface area (TPSA) is 38.1 Å². The highest BCUT2D eigenvalue weighted by atomic mass is 16.2. The van der Waals surface area contributed by atoms with Gasteiger partial charge in [0.05, 0.1) is 12.4 Å². The van der Waals surface area contributed by atoms with Crippen molar-refractivity contribution in [2.75, 3.05) is 13.1 Å². The molecule has 102 valence electrons. The first kappa shape index (κ1) is 12.5.